The molecule has 0 bridgehead atoms. The van der Waals surface area contributed by atoms with Crippen LogP contribution in [0, 0.1) is 0 Å². The fraction of sp³-hybridized carbons (Fsp3) is 0.304. The normalized spacial score (nSPS) is 25.2. The maximum atomic E-state index is 14.7. The summed E-state index contributed by atoms with van der Waals surface area (Å²) in [5.74, 6) is -8.81. The number of halogens is 3. The standard InChI is InChI=1S/C23H19ClF2N2O4/c24-16-5-3-15(4-6-16)23(25,26)19(29)9-2-13-1-7-17-14(11-13)12-28(22(17)32)18-8-10-20(30)27-21(18)31/h1,3-7,11,18H,2,8-10,12H2,(H,27,30,31)/i2D2,8D2,18D. The first-order valence-corrected chi connectivity index (χ1v) is 9.85. The molecule has 1 saturated heterocycles. The lowest BCUT2D eigenvalue weighted by Gasteiger charge is -2.29. The second-order valence-corrected chi connectivity index (χ2v) is 7.64. The highest BCUT2D eigenvalue weighted by molar-refractivity contribution is 6.30. The molecule has 1 unspecified atom stereocenters. The topological polar surface area (TPSA) is 83.6 Å². The van der Waals surface area contributed by atoms with Crippen molar-refractivity contribution in [3.8, 4) is 0 Å². The maximum absolute atomic E-state index is 14.7. The Balaban J connectivity index is 1.60. The molecule has 2 aromatic rings. The number of piperidine rings is 1. The van der Waals surface area contributed by atoms with Crippen LogP contribution in [0.5, 0.6) is 0 Å². The number of Topliss-reactive ketones (excluding diaryl/α,β-unsaturated/α-hetero) is 1. The second kappa shape index (κ2) is 8.43. The number of benzene rings is 2. The lowest BCUT2D eigenvalue weighted by molar-refractivity contribution is -0.144. The van der Waals surface area contributed by atoms with Gasteiger partial charge >= 0.3 is 5.92 Å². The van der Waals surface area contributed by atoms with Crippen molar-refractivity contribution in [3.63, 3.8) is 0 Å². The summed E-state index contributed by atoms with van der Waals surface area (Å²) in [6, 6.07) is 4.96. The third-order valence-electron chi connectivity index (χ3n) is 5.07. The lowest BCUT2D eigenvalue weighted by Crippen LogP contribution is -2.52. The molecule has 3 amide bonds. The number of amides is 3. The fourth-order valence-corrected chi connectivity index (χ4v) is 3.54. The van der Waals surface area contributed by atoms with Gasteiger partial charge in [0, 0.05) is 41.0 Å². The molecule has 0 aromatic heterocycles. The summed E-state index contributed by atoms with van der Waals surface area (Å²) < 4.78 is 70.7. The average Bonchev–Trinajstić information content (AvgIpc) is 3.13. The van der Waals surface area contributed by atoms with E-state index in [0.29, 0.717) is 4.90 Å². The monoisotopic (exact) mass is 465 g/mol. The molecular formula is C23H19ClF2N2O4. The smallest absolute Gasteiger partial charge is 0.322 e. The number of hydrogen-bond acceptors (Lipinski definition) is 4. The summed E-state index contributed by atoms with van der Waals surface area (Å²) in [5, 5.41) is 2.05. The Kier molecular flexibility index (Phi) is 4.34. The molecule has 32 heavy (non-hydrogen) atoms. The van der Waals surface area contributed by atoms with Crippen LogP contribution < -0.4 is 5.32 Å². The van der Waals surface area contributed by atoms with Gasteiger partial charge in [-0.1, -0.05) is 35.9 Å². The van der Waals surface area contributed by atoms with Gasteiger partial charge in [0.15, 0.2) is 0 Å². The number of hydrogen-bond donors (Lipinski definition) is 1. The molecule has 2 aliphatic rings. The highest BCUT2D eigenvalue weighted by Gasteiger charge is 2.41. The summed E-state index contributed by atoms with van der Waals surface area (Å²) in [7, 11) is 0. The Bertz CT molecular complexity index is 1340. The number of ketones is 1. The number of rotatable bonds is 6. The Labute approximate surface area is 194 Å². The fourth-order valence-electron chi connectivity index (χ4n) is 3.42. The number of imide groups is 1. The number of aryl methyl sites for hydroxylation is 1. The van der Waals surface area contributed by atoms with E-state index in [1.54, 1.807) is 0 Å². The first-order valence-electron chi connectivity index (χ1n) is 12.0. The third-order valence-corrected chi connectivity index (χ3v) is 5.33. The first kappa shape index (κ1) is 16.5. The van der Waals surface area contributed by atoms with E-state index < -0.39 is 73.1 Å². The van der Waals surface area contributed by atoms with Gasteiger partial charge in [-0.15, -0.1) is 0 Å². The quantitative estimate of drug-likeness (QED) is 0.663. The number of alkyl halides is 2. The van der Waals surface area contributed by atoms with Crippen LogP contribution in [0.3, 0.4) is 0 Å². The Hall–Kier alpha value is -3.13. The molecule has 0 aliphatic carbocycles. The lowest BCUT2D eigenvalue weighted by atomic mass is 9.97. The molecule has 0 radical (unpaired) electrons. The van der Waals surface area contributed by atoms with E-state index in [0.717, 1.165) is 30.3 Å². The zero-order valence-electron chi connectivity index (χ0n) is 21.4. The summed E-state index contributed by atoms with van der Waals surface area (Å²) in [5.41, 5.74) is -0.793. The highest BCUT2D eigenvalue weighted by atomic mass is 35.5. The minimum absolute atomic E-state index is 0.0514. The molecule has 1 atom stereocenters. The van der Waals surface area contributed by atoms with Crippen LogP contribution in [-0.2, 0) is 33.2 Å². The van der Waals surface area contributed by atoms with Crippen molar-refractivity contribution in [2.75, 3.05) is 0 Å². The van der Waals surface area contributed by atoms with E-state index in [1.807, 2.05) is 5.32 Å². The highest BCUT2D eigenvalue weighted by Crippen LogP contribution is 2.32. The zero-order valence-corrected chi connectivity index (χ0v) is 17.1. The Morgan fingerprint density at radius 2 is 1.97 bits per heavy atom. The van der Waals surface area contributed by atoms with Crippen molar-refractivity contribution >= 4 is 35.1 Å². The molecule has 0 spiro atoms. The number of carbonyl (C=O) groups is 4. The van der Waals surface area contributed by atoms with E-state index in [2.05, 4.69) is 0 Å². The van der Waals surface area contributed by atoms with Crippen LogP contribution >= 0.6 is 11.6 Å². The van der Waals surface area contributed by atoms with Gasteiger partial charge in [-0.2, -0.15) is 8.78 Å². The minimum Gasteiger partial charge on any atom is -0.322 e. The average molecular weight is 466 g/mol. The molecule has 0 saturated carbocycles. The summed E-state index contributed by atoms with van der Waals surface area (Å²) >= 11 is 5.70. The van der Waals surface area contributed by atoms with Crippen LogP contribution in [0.2, 0.25) is 5.02 Å². The molecule has 6 nitrogen and oxygen atoms in total. The summed E-state index contributed by atoms with van der Waals surface area (Å²) in [6.07, 6.45) is -7.34. The van der Waals surface area contributed by atoms with Gasteiger partial charge in [0.25, 0.3) is 5.91 Å². The molecule has 1 N–H and O–H groups in total. The maximum Gasteiger partial charge on any atom is 0.330 e. The van der Waals surface area contributed by atoms with Crippen molar-refractivity contribution in [1.82, 2.24) is 10.2 Å². The minimum atomic E-state index is -3.99. The van der Waals surface area contributed by atoms with Gasteiger partial charge in [-0.05, 0) is 42.1 Å². The van der Waals surface area contributed by atoms with Crippen LogP contribution in [0.25, 0.3) is 0 Å². The van der Waals surface area contributed by atoms with Crippen LogP contribution in [-0.4, -0.2) is 34.4 Å². The van der Waals surface area contributed by atoms with E-state index in [1.165, 1.54) is 12.1 Å². The van der Waals surface area contributed by atoms with E-state index >= 15 is 0 Å². The van der Waals surface area contributed by atoms with Crippen molar-refractivity contribution in [2.24, 2.45) is 0 Å². The van der Waals surface area contributed by atoms with Crippen molar-refractivity contribution in [2.45, 2.75) is 44.1 Å². The zero-order chi connectivity index (χ0) is 27.6. The predicted octanol–water partition coefficient (Wildman–Crippen LogP) is 3.39. The van der Waals surface area contributed by atoms with E-state index in [4.69, 9.17) is 18.5 Å². The molecule has 1 fully saturated rings. The van der Waals surface area contributed by atoms with Gasteiger partial charge < -0.3 is 4.90 Å². The molecule has 2 aliphatic heterocycles. The Morgan fingerprint density at radius 1 is 1.25 bits per heavy atom. The van der Waals surface area contributed by atoms with Crippen LogP contribution in [0.4, 0.5) is 8.78 Å². The van der Waals surface area contributed by atoms with Gasteiger partial charge in [-0.3, -0.25) is 24.5 Å². The SMILES string of the molecule is [2H]C([2H])(CC(=O)C(F)(F)c1ccc(Cl)cc1)c1ccc2c(c1)CN(C1([2H])C(=O)NC(=O)CC1([2H])[2H])C2=O. The summed E-state index contributed by atoms with van der Waals surface area (Å²) in [4.78, 5) is 50.2. The molecule has 2 aromatic carbocycles. The Morgan fingerprint density at radius 3 is 2.66 bits per heavy atom. The van der Waals surface area contributed by atoms with Gasteiger partial charge in [0.05, 0.1) is 1.37 Å². The molecular weight excluding hydrogens is 442 g/mol. The van der Waals surface area contributed by atoms with Crippen molar-refractivity contribution in [3.05, 3.63) is 69.7 Å². The molecule has 9 heteroatoms. The molecule has 166 valence electrons. The number of nitrogens with one attached hydrogen (secondary N) is 1. The van der Waals surface area contributed by atoms with Crippen molar-refractivity contribution in [1.29, 1.82) is 0 Å². The largest absolute Gasteiger partial charge is 0.330 e. The number of fused-ring (bicyclic) bond motifs is 1. The third kappa shape index (κ3) is 4.14. The van der Waals surface area contributed by atoms with Gasteiger partial charge in [0.1, 0.15) is 6.02 Å². The van der Waals surface area contributed by atoms with E-state index in [-0.39, 0.29) is 21.7 Å². The predicted molar refractivity (Wildman–Crippen MR) is 111 cm³/mol. The molecule has 2 heterocycles. The van der Waals surface area contributed by atoms with Gasteiger partial charge in [-0.25, -0.2) is 0 Å². The number of carbonyl (C=O) groups excluding carboxylic acids is 4. The molecule has 4 rings (SSSR count). The van der Waals surface area contributed by atoms with Gasteiger partial charge in [0.2, 0.25) is 17.6 Å². The van der Waals surface area contributed by atoms with Crippen LogP contribution in [0.15, 0.2) is 42.5 Å². The van der Waals surface area contributed by atoms with Crippen LogP contribution in [0.1, 0.15) is 53.1 Å². The van der Waals surface area contributed by atoms with E-state index in [9.17, 15) is 28.0 Å². The first-order chi connectivity index (χ1) is 17.0. The summed E-state index contributed by atoms with van der Waals surface area (Å²) in [6.45, 7) is -0.475. The second-order valence-electron chi connectivity index (χ2n) is 7.20. The number of nitrogens with zero attached hydrogens (tertiary/aromatic N) is 1. The van der Waals surface area contributed by atoms with Crippen molar-refractivity contribution < 1.29 is 34.8 Å².